The molecule has 1 aromatic carbocycles. The normalized spacial score (nSPS) is 19.8. The van der Waals surface area contributed by atoms with Crippen molar-refractivity contribution in [2.75, 3.05) is 30.3 Å². The highest BCUT2D eigenvalue weighted by Crippen LogP contribution is 2.42. The third kappa shape index (κ3) is 5.81. The van der Waals surface area contributed by atoms with Crippen molar-refractivity contribution in [3.63, 3.8) is 0 Å². The number of aryl methyl sites for hydroxylation is 1. The summed E-state index contributed by atoms with van der Waals surface area (Å²) in [6, 6.07) is 6.99. The Labute approximate surface area is 230 Å². The Kier molecular flexibility index (Phi) is 7.18. The molecule has 39 heavy (non-hydrogen) atoms. The molecule has 5 rings (SSSR count). The van der Waals surface area contributed by atoms with Crippen LogP contribution >= 0.6 is 15.9 Å². The van der Waals surface area contributed by atoms with Gasteiger partial charge in [0.1, 0.15) is 11.9 Å². The predicted molar refractivity (Wildman–Crippen MR) is 140 cm³/mol. The molecule has 0 unspecified atom stereocenters. The van der Waals surface area contributed by atoms with Gasteiger partial charge in [0.2, 0.25) is 17.9 Å². The van der Waals surface area contributed by atoms with Gasteiger partial charge >= 0.3 is 12.1 Å². The second-order valence-electron chi connectivity index (χ2n) is 10.0. The number of nitrogen functional groups attached to an aromatic ring is 1. The van der Waals surface area contributed by atoms with E-state index in [1.165, 1.54) is 22.9 Å². The fraction of sp³-hybridized carbons (Fsp3) is 0.440. The number of aromatic nitrogens is 4. The van der Waals surface area contributed by atoms with Crippen LogP contribution in [0.5, 0.6) is 5.88 Å². The number of ether oxygens (including phenoxy) is 1. The zero-order valence-electron chi connectivity index (χ0n) is 21.0. The highest BCUT2D eigenvalue weighted by molar-refractivity contribution is 9.10. The SMILES string of the molecule is Cc1ccn(-c2ccc(Br)cc2[C@@H](Oc2cc(N3CCC4(CC3)CN[C@H](C(=O)O)C4)nc(N)n2)C(F)(F)F)n1. The fourth-order valence-electron chi connectivity index (χ4n) is 5.26. The lowest BCUT2D eigenvalue weighted by Crippen LogP contribution is -2.41. The maximum Gasteiger partial charge on any atom is 0.429 e. The summed E-state index contributed by atoms with van der Waals surface area (Å²) in [6.07, 6.45) is -3.62. The molecule has 0 bridgehead atoms. The van der Waals surface area contributed by atoms with Crippen molar-refractivity contribution in [3.05, 3.63) is 52.3 Å². The Morgan fingerprint density at radius 3 is 2.62 bits per heavy atom. The van der Waals surface area contributed by atoms with Gasteiger partial charge in [0.15, 0.2) is 0 Å². The molecule has 0 amide bonds. The third-order valence-corrected chi connectivity index (χ3v) is 7.78. The number of nitrogens with two attached hydrogens (primary N) is 1. The second kappa shape index (κ2) is 10.3. The number of nitrogens with one attached hydrogen (secondary N) is 1. The van der Waals surface area contributed by atoms with Gasteiger partial charge in [-0.3, -0.25) is 4.79 Å². The summed E-state index contributed by atoms with van der Waals surface area (Å²) in [5, 5.41) is 16.7. The number of alkyl halides is 3. The van der Waals surface area contributed by atoms with Crippen molar-refractivity contribution in [2.45, 2.75) is 44.5 Å². The van der Waals surface area contributed by atoms with Crippen molar-refractivity contribution in [1.82, 2.24) is 25.1 Å². The Bertz CT molecular complexity index is 1380. The van der Waals surface area contributed by atoms with Gasteiger partial charge in [-0.15, -0.1) is 0 Å². The molecule has 4 heterocycles. The molecule has 3 aromatic rings. The monoisotopic (exact) mass is 609 g/mol. The van der Waals surface area contributed by atoms with E-state index in [1.54, 1.807) is 25.3 Å². The number of aliphatic carboxylic acids is 1. The average Bonchev–Trinajstić information content (AvgIpc) is 3.48. The molecule has 0 aliphatic carbocycles. The average molecular weight is 610 g/mol. The van der Waals surface area contributed by atoms with Crippen molar-refractivity contribution in [2.24, 2.45) is 5.41 Å². The largest absolute Gasteiger partial charge is 0.480 e. The number of hydrogen-bond donors (Lipinski definition) is 3. The lowest BCUT2D eigenvalue weighted by atomic mass is 9.76. The highest BCUT2D eigenvalue weighted by atomic mass is 79.9. The molecule has 2 saturated heterocycles. The maximum absolute atomic E-state index is 14.4. The van der Waals surface area contributed by atoms with E-state index in [0.717, 1.165) is 0 Å². The molecule has 0 radical (unpaired) electrons. The first-order valence-corrected chi connectivity index (χ1v) is 13.1. The lowest BCUT2D eigenvalue weighted by molar-refractivity contribution is -0.198. The topological polar surface area (TPSA) is 131 Å². The van der Waals surface area contributed by atoms with E-state index >= 15 is 0 Å². The van der Waals surface area contributed by atoms with Gasteiger partial charge in [-0.1, -0.05) is 15.9 Å². The fourth-order valence-corrected chi connectivity index (χ4v) is 5.63. The minimum Gasteiger partial charge on any atom is -0.480 e. The molecular formula is C25H27BrF3N7O3. The number of benzene rings is 1. The first kappa shape index (κ1) is 27.2. The third-order valence-electron chi connectivity index (χ3n) is 7.29. The van der Waals surface area contributed by atoms with Crippen molar-refractivity contribution in [3.8, 4) is 11.6 Å². The van der Waals surface area contributed by atoms with E-state index in [9.17, 15) is 23.1 Å². The van der Waals surface area contributed by atoms with E-state index in [0.29, 0.717) is 54.9 Å². The summed E-state index contributed by atoms with van der Waals surface area (Å²) < 4.78 is 50.6. The minimum absolute atomic E-state index is 0.138. The van der Waals surface area contributed by atoms with E-state index in [-0.39, 0.29) is 28.5 Å². The Morgan fingerprint density at radius 1 is 1.26 bits per heavy atom. The Hall–Kier alpha value is -3.39. The van der Waals surface area contributed by atoms with Crippen LogP contribution in [-0.2, 0) is 4.79 Å². The molecule has 2 aliphatic heterocycles. The minimum atomic E-state index is -4.79. The highest BCUT2D eigenvalue weighted by Gasteiger charge is 2.46. The standard InChI is InChI=1S/C25H27BrF3N7O3/c1-14-4-7-36(34-14)18-3-2-15(26)10-16(18)21(25(27,28)29)39-20-11-19(32-23(30)33-20)35-8-5-24(6-9-35)12-17(22(37)38)31-13-24/h2-4,7,10-11,17,21,31H,5-6,8-9,12-13H2,1H3,(H,37,38)(H2,30,32,33)/t17-,21+/m0/s1. The number of carbonyl (C=O) groups is 1. The van der Waals surface area contributed by atoms with E-state index in [1.807, 2.05) is 4.90 Å². The second-order valence-corrected chi connectivity index (χ2v) is 10.9. The molecule has 2 aromatic heterocycles. The first-order valence-electron chi connectivity index (χ1n) is 12.3. The van der Waals surface area contributed by atoms with Gasteiger partial charge in [-0.25, -0.2) is 4.68 Å². The van der Waals surface area contributed by atoms with Crippen LogP contribution in [0.3, 0.4) is 0 Å². The van der Waals surface area contributed by atoms with E-state index < -0.39 is 24.3 Å². The molecule has 4 N–H and O–H groups in total. The number of halogens is 4. The number of anilines is 2. The first-order chi connectivity index (χ1) is 18.4. The van der Waals surface area contributed by atoms with Crippen LogP contribution in [0.1, 0.15) is 36.6 Å². The van der Waals surface area contributed by atoms with Crippen molar-refractivity contribution < 1.29 is 27.8 Å². The van der Waals surface area contributed by atoms with Crippen molar-refractivity contribution in [1.29, 1.82) is 0 Å². The molecular weight excluding hydrogens is 583 g/mol. The van der Waals surface area contributed by atoms with Crippen LogP contribution < -0.4 is 20.7 Å². The van der Waals surface area contributed by atoms with E-state index in [2.05, 4.69) is 36.3 Å². The summed E-state index contributed by atoms with van der Waals surface area (Å²) in [4.78, 5) is 21.5. The Morgan fingerprint density at radius 2 is 2.00 bits per heavy atom. The molecule has 2 fully saturated rings. The number of nitrogens with zero attached hydrogens (tertiary/aromatic N) is 5. The van der Waals surface area contributed by atoms with Crippen molar-refractivity contribution >= 4 is 33.7 Å². The van der Waals surface area contributed by atoms with Gasteiger partial charge in [-0.2, -0.15) is 28.2 Å². The van der Waals surface area contributed by atoms with Gasteiger partial charge in [-0.05, 0) is 55.9 Å². The molecule has 2 aliphatic rings. The quantitative estimate of drug-likeness (QED) is 0.379. The van der Waals surface area contributed by atoms with Crippen LogP contribution in [0.4, 0.5) is 24.9 Å². The zero-order valence-corrected chi connectivity index (χ0v) is 22.5. The maximum atomic E-state index is 14.4. The van der Waals surface area contributed by atoms with E-state index in [4.69, 9.17) is 10.5 Å². The van der Waals surface area contributed by atoms with Crippen LogP contribution in [0.25, 0.3) is 5.69 Å². The van der Waals surface area contributed by atoms with Gasteiger partial charge < -0.3 is 25.8 Å². The van der Waals surface area contributed by atoms with Crippen LogP contribution in [0.15, 0.2) is 41.0 Å². The molecule has 10 nitrogen and oxygen atoms in total. The van der Waals surface area contributed by atoms with Crippen LogP contribution in [-0.4, -0.2) is 62.7 Å². The number of hydrogen-bond acceptors (Lipinski definition) is 8. The summed E-state index contributed by atoms with van der Waals surface area (Å²) in [6.45, 7) is 3.44. The Balaban J connectivity index is 1.40. The zero-order chi connectivity index (χ0) is 27.9. The van der Waals surface area contributed by atoms with Gasteiger partial charge in [0.05, 0.1) is 11.4 Å². The molecule has 2 atom stereocenters. The smallest absolute Gasteiger partial charge is 0.429 e. The van der Waals surface area contributed by atoms with Gasteiger partial charge in [0.25, 0.3) is 0 Å². The number of carboxylic acids is 1. The summed E-state index contributed by atoms with van der Waals surface area (Å²) >= 11 is 3.26. The molecule has 0 saturated carbocycles. The molecule has 14 heteroatoms. The summed E-state index contributed by atoms with van der Waals surface area (Å²) in [5.41, 5.74) is 6.47. The lowest BCUT2D eigenvalue weighted by Gasteiger charge is -2.39. The number of rotatable bonds is 6. The molecule has 208 valence electrons. The van der Waals surface area contributed by atoms with Crippen LogP contribution in [0.2, 0.25) is 0 Å². The van der Waals surface area contributed by atoms with Crippen LogP contribution in [0, 0.1) is 12.3 Å². The number of carboxylic acid groups (broad SMARTS) is 1. The molecule has 1 spiro atoms. The number of piperidine rings is 1. The van der Waals surface area contributed by atoms with Gasteiger partial charge in [0, 0.05) is 41.9 Å². The summed E-state index contributed by atoms with van der Waals surface area (Å²) in [5.74, 6) is -1.04. The predicted octanol–water partition coefficient (Wildman–Crippen LogP) is 4.03. The summed E-state index contributed by atoms with van der Waals surface area (Å²) in [7, 11) is 0.